The number of benzene rings is 1. The Labute approximate surface area is 134 Å². The molecule has 2 rings (SSSR count). The van der Waals surface area contributed by atoms with E-state index in [1.165, 1.54) is 44.6 Å². The molecule has 0 unspecified atom stereocenters. The number of alkyl halides is 3. The molecule has 1 aliphatic rings. The molecule has 0 heterocycles. The van der Waals surface area contributed by atoms with Crippen LogP contribution in [0.25, 0.3) is 0 Å². The Morgan fingerprint density at radius 2 is 1.57 bits per heavy atom. The van der Waals surface area contributed by atoms with E-state index in [-0.39, 0.29) is 0 Å². The quantitative estimate of drug-likeness (QED) is 0.525. The number of halogens is 4. The van der Waals surface area contributed by atoms with Gasteiger partial charge in [0.2, 0.25) is 0 Å². The van der Waals surface area contributed by atoms with Gasteiger partial charge in [-0.3, -0.25) is 0 Å². The van der Waals surface area contributed by atoms with E-state index in [4.69, 9.17) is 0 Å². The van der Waals surface area contributed by atoms with Gasteiger partial charge in [0.05, 0.1) is 5.56 Å². The normalized spacial score (nSPS) is 22.4. The van der Waals surface area contributed by atoms with Crippen molar-refractivity contribution in [1.29, 1.82) is 0 Å². The maximum absolute atomic E-state index is 11.9. The lowest BCUT2D eigenvalue weighted by molar-refractivity contribution is -0.137. The van der Waals surface area contributed by atoms with Gasteiger partial charge >= 0.3 is 6.18 Å². The van der Waals surface area contributed by atoms with Crippen molar-refractivity contribution in [2.24, 2.45) is 11.8 Å². The zero-order valence-electron chi connectivity index (χ0n) is 12.7. The van der Waals surface area contributed by atoms with Crippen LogP contribution in [0.3, 0.4) is 0 Å². The molecule has 0 aromatic heterocycles. The molecule has 0 nitrogen and oxygen atoms in total. The van der Waals surface area contributed by atoms with Gasteiger partial charge in [0, 0.05) is 4.47 Å². The SMILES string of the molecule is CC[C@@H]1CCCC[C@H]1CC.FC(F)(F)c1cccc(Br)c1. The van der Waals surface area contributed by atoms with Gasteiger partial charge in [0.25, 0.3) is 0 Å². The molecule has 1 fully saturated rings. The van der Waals surface area contributed by atoms with Crippen molar-refractivity contribution in [3.8, 4) is 0 Å². The fraction of sp³-hybridized carbons (Fsp3) is 0.647. The predicted molar refractivity (Wildman–Crippen MR) is 85.2 cm³/mol. The van der Waals surface area contributed by atoms with Gasteiger partial charge < -0.3 is 0 Å². The lowest BCUT2D eigenvalue weighted by atomic mass is 9.77. The van der Waals surface area contributed by atoms with Crippen molar-refractivity contribution in [1.82, 2.24) is 0 Å². The third kappa shape index (κ3) is 6.41. The Morgan fingerprint density at radius 1 is 1.05 bits per heavy atom. The van der Waals surface area contributed by atoms with E-state index in [2.05, 4.69) is 29.8 Å². The molecule has 0 spiro atoms. The van der Waals surface area contributed by atoms with Crippen molar-refractivity contribution >= 4 is 15.9 Å². The molecular weight excluding hydrogens is 341 g/mol. The van der Waals surface area contributed by atoms with Crippen molar-refractivity contribution in [3.63, 3.8) is 0 Å². The molecule has 4 heteroatoms. The van der Waals surface area contributed by atoms with Crippen LogP contribution in [0.4, 0.5) is 13.2 Å². The van der Waals surface area contributed by atoms with E-state index in [1.54, 1.807) is 6.07 Å². The summed E-state index contributed by atoms with van der Waals surface area (Å²) in [5, 5.41) is 0. The first-order valence-corrected chi connectivity index (χ1v) is 8.50. The molecule has 0 bridgehead atoms. The lowest BCUT2D eigenvalue weighted by Crippen LogP contribution is -2.17. The summed E-state index contributed by atoms with van der Waals surface area (Å²) >= 11 is 2.95. The van der Waals surface area contributed by atoms with E-state index in [0.29, 0.717) is 4.47 Å². The van der Waals surface area contributed by atoms with Crippen LogP contribution in [0.2, 0.25) is 0 Å². The maximum atomic E-state index is 11.9. The minimum Gasteiger partial charge on any atom is -0.166 e. The molecule has 0 aliphatic heterocycles. The smallest absolute Gasteiger partial charge is 0.166 e. The van der Waals surface area contributed by atoms with Crippen LogP contribution >= 0.6 is 15.9 Å². The molecule has 0 saturated heterocycles. The summed E-state index contributed by atoms with van der Waals surface area (Å²) in [6.07, 6.45) is 4.59. The van der Waals surface area contributed by atoms with E-state index < -0.39 is 11.7 Å². The molecule has 1 aromatic rings. The highest BCUT2D eigenvalue weighted by Crippen LogP contribution is 2.34. The zero-order chi connectivity index (χ0) is 15.9. The number of hydrogen-bond acceptors (Lipinski definition) is 0. The molecule has 0 N–H and O–H groups in total. The molecule has 1 saturated carbocycles. The largest absolute Gasteiger partial charge is 0.416 e. The summed E-state index contributed by atoms with van der Waals surface area (Å²) in [6, 6.07) is 4.98. The Balaban J connectivity index is 0.000000211. The zero-order valence-corrected chi connectivity index (χ0v) is 14.3. The summed E-state index contributed by atoms with van der Waals surface area (Å²) in [5.74, 6) is 2.14. The fourth-order valence-electron chi connectivity index (χ4n) is 3.02. The monoisotopic (exact) mass is 364 g/mol. The number of rotatable bonds is 2. The van der Waals surface area contributed by atoms with Crippen LogP contribution in [-0.2, 0) is 6.18 Å². The summed E-state index contributed by atoms with van der Waals surface area (Å²) in [5.41, 5.74) is -0.633. The van der Waals surface area contributed by atoms with Crippen LogP contribution < -0.4 is 0 Å². The van der Waals surface area contributed by atoms with Crippen LogP contribution in [-0.4, -0.2) is 0 Å². The topological polar surface area (TPSA) is 0 Å². The summed E-state index contributed by atoms with van der Waals surface area (Å²) in [4.78, 5) is 0. The van der Waals surface area contributed by atoms with E-state index >= 15 is 0 Å². The Morgan fingerprint density at radius 3 is 1.90 bits per heavy atom. The van der Waals surface area contributed by atoms with E-state index in [0.717, 1.165) is 24.0 Å². The highest BCUT2D eigenvalue weighted by atomic mass is 79.9. The first kappa shape index (κ1) is 18.5. The van der Waals surface area contributed by atoms with E-state index in [1.807, 2.05) is 0 Å². The first-order chi connectivity index (χ1) is 9.88. The Kier molecular flexibility index (Phi) is 7.78. The second kappa shape index (κ2) is 8.82. The summed E-state index contributed by atoms with van der Waals surface area (Å²) in [6.45, 7) is 4.69. The van der Waals surface area contributed by atoms with Gasteiger partial charge in [-0.1, -0.05) is 74.4 Å². The second-order valence-electron chi connectivity index (χ2n) is 5.63. The molecule has 1 aliphatic carbocycles. The summed E-state index contributed by atoms with van der Waals surface area (Å²) in [7, 11) is 0. The van der Waals surface area contributed by atoms with Crippen molar-refractivity contribution in [2.75, 3.05) is 0 Å². The highest BCUT2D eigenvalue weighted by Gasteiger charge is 2.30. The van der Waals surface area contributed by atoms with Gasteiger partial charge in [0.1, 0.15) is 0 Å². The molecule has 2 atom stereocenters. The molecule has 0 amide bonds. The van der Waals surface area contributed by atoms with Crippen LogP contribution in [0.5, 0.6) is 0 Å². The van der Waals surface area contributed by atoms with Gasteiger partial charge in [-0.15, -0.1) is 0 Å². The molecule has 1 aromatic carbocycles. The predicted octanol–water partition coefficient (Wildman–Crippen LogP) is 7.08. The van der Waals surface area contributed by atoms with Crippen molar-refractivity contribution < 1.29 is 13.2 Å². The summed E-state index contributed by atoms with van der Waals surface area (Å²) < 4.78 is 36.3. The molecular formula is C17H24BrF3. The minimum atomic E-state index is -4.25. The van der Waals surface area contributed by atoms with Gasteiger partial charge in [-0.2, -0.15) is 13.2 Å². The highest BCUT2D eigenvalue weighted by molar-refractivity contribution is 9.10. The van der Waals surface area contributed by atoms with Gasteiger partial charge in [-0.25, -0.2) is 0 Å². The molecule has 21 heavy (non-hydrogen) atoms. The van der Waals surface area contributed by atoms with Crippen LogP contribution in [0.1, 0.15) is 57.9 Å². The average molecular weight is 365 g/mol. The molecule has 0 radical (unpaired) electrons. The Hall–Kier alpha value is -0.510. The third-order valence-electron chi connectivity index (χ3n) is 4.27. The van der Waals surface area contributed by atoms with Crippen molar-refractivity contribution in [2.45, 2.75) is 58.5 Å². The minimum absolute atomic E-state index is 0.437. The second-order valence-corrected chi connectivity index (χ2v) is 6.54. The number of hydrogen-bond donors (Lipinski definition) is 0. The van der Waals surface area contributed by atoms with Gasteiger partial charge in [0.15, 0.2) is 0 Å². The molecule has 120 valence electrons. The van der Waals surface area contributed by atoms with E-state index in [9.17, 15) is 13.2 Å². The lowest BCUT2D eigenvalue weighted by Gasteiger charge is -2.29. The van der Waals surface area contributed by atoms with Crippen LogP contribution in [0, 0.1) is 11.8 Å². The standard InChI is InChI=1S/C10H20.C7H4BrF3/c1-3-9-7-5-6-8-10(9)4-2;8-6-3-1-2-5(4-6)7(9,10)11/h9-10H,3-8H2,1-2H3;1-4H/t9-,10-;/m1./s1. The van der Waals surface area contributed by atoms with Gasteiger partial charge in [-0.05, 0) is 30.0 Å². The average Bonchev–Trinajstić information content (AvgIpc) is 2.47. The van der Waals surface area contributed by atoms with Crippen molar-refractivity contribution in [3.05, 3.63) is 34.3 Å². The fourth-order valence-corrected chi connectivity index (χ4v) is 3.42. The third-order valence-corrected chi connectivity index (χ3v) is 4.76. The first-order valence-electron chi connectivity index (χ1n) is 7.71. The maximum Gasteiger partial charge on any atom is 0.416 e. The van der Waals surface area contributed by atoms with Crippen LogP contribution in [0.15, 0.2) is 28.7 Å². The Bertz CT molecular complexity index is 403.